The predicted octanol–water partition coefficient (Wildman–Crippen LogP) is 15.7. The fourth-order valence-corrected chi connectivity index (χ4v) is 17.5. The zero-order valence-electron chi connectivity index (χ0n) is 41.6. The van der Waals surface area contributed by atoms with E-state index in [1.54, 1.807) is 0 Å². The number of hydrogen-bond acceptors (Lipinski definition) is 0. The minimum absolute atomic E-state index is 1.13. The maximum atomic E-state index is 2.49. The molecule has 0 aliphatic carbocycles. The molecule has 3 aromatic heterocycles. The largest absolute Gasteiger partial charge is 0.309 e. The molecule has 15 rings (SSSR count). The number of benzene rings is 12. The van der Waals surface area contributed by atoms with Crippen LogP contribution in [0.15, 0.2) is 297 Å². The second kappa shape index (κ2) is 17.7. The van der Waals surface area contributed by atoms with Crippen LogP contribution >= 0.6 is 0 Å². The van der Waals surface area contributed by atoms with E-state index in [4.69, 9.17) is 0 Å². The van der Waals surface area contributed by atoms with Gasteiger partial charge in [0, 0.05) is 49.3 Å². The highest BCUT2D eigenvalue weighted by Gasteiger charge is 2.42. The van der Waals surface area contributed by atoms with Gasteiger partial charge in [0.1, 0.15) is 0 Å². The zero-order chi connectivity index (χ0) is 50.2. The van der Waals surface area contributed by atoms with E-state index < -0.39 is 8.07 Å². The number of aromatic nitrogens is 3. The fourth-order valence-electron chi connectivity index (χ4n) is 12.7. The first-order valence-corrected chi connectivity index (χ1v) is 28.3. The normalized spacial score (nSPS) is 11.9. The van der Waals surface area contributed by atoms with Gasteiger partial charge in [-0.25, -0.2) is 0 Å². The third kappa shape index (κ3) is 6.74. The Morgan fingerprint density at radius 3 is 1.22 bits per heavy atom. The van der Waals surface area contributed by atoms with Crippen LogP contribution in [-0.2, 0) is 0 Å². The van der Waals surface area contributed by atoms with Crippen LogP contribution in [0, 0.1) is 0 Å². The smallest absolute Gasteiger partial charge is 0.179 e. The van der Waals surface area contributed by atoms with Gasteiger partial charge in [0.2, 0.25) is 0 Å². The Morgan fingerprint density at radius 1 is 0.211 bits per heavy atom. The molecule has 12 aromatic carbocycles. The lowest BCUT2D eigenvalue weighted by Gasteiger charge is -2.35. The van der Waals surface area contributed by atoms with Gasteiger partial charge in [0.05, 0.1) is 38.8 Å². The lowest BCUT2D eigenvalue weighted by atomic mass is 10.0. The maximum absolute atomic E-state index is 2.92. The molecule has 0 aliphatic heterocycles. The molecule has 76 heavy (non-hydrogen) atoms. The first-order chi connectivity index (χ1) is 37.7. The van der Waals surface area contributed by atoms with Crippen molar-refractivity contribution in [2.24, 2.45) is 0 Å². The lowest BCUT2D eigenvalue weighted by Crippen LogP contribution is -2.74. The van der Waals surface area contributed by atoms with E-state index >= 15 is 0 Å². The molecule has 0 spiro atoms. The average molecular weight is 984 g/mol. The Labute approximate surface area is 442 Å². The second-order valence-corrected chi connectivity index (χ2v) is 23.8. The molecule has 0 unspecified atom stereocenters. The van der Waals surface area contributed by atoms with Crippen molar-refractivity contribution in [3.63, 3.8) is 0 Å². The van der Waals surface area contributed by atoms with Crippen LogP contribution in [-0.4, -0.2) is 21.8 Å². The molecule has 0 N–H and O–H groups in total. The molecular weight excluding hydrogens is 935 g/mol. The molecule has 0 amide bonds. The van der Waals surface area contributed by atoms with E-state index in [0.717, 1.165) is 11.4 Å². The van der Waals surface area contributed by atoms with Crippen LogP contribution in [0.5, 0.6) is 0 Å². The molecule has 15 aromatic rings. The zero-order valence-corrected chi connectivity index (χ0v) is 42.6. The van der Waals surface area contributed by atoms with Gasteiger partial charge >= 0.3 is 0 Å². The summed E-state index contributed by atoms with van der Waals surface area (Å²) in [7, 11) is -2.92. The quantitative estimate of drug-likeness (QED) is 0.101. The van der Waals surface area contributed by atoms with Gasteiger partial charge in [-0.15, -0.1) is 0 Å². The Balaban J connectivity index is 0.898. The molecule has 356 valence electrons. The predicted molar refractivity (Wildman–Crippen MR) is 324 cm³/mol. The molecule has 0 radical (unpaired) electrons. The molecule has 0 atom stereocenters. The summed E-state index contributed by atoms with van der Waals surface area (Å²) in [4.78, 5) is 0. The van der Waals surface area contributed by atoms with Gasteiger partial charge in [0.25, 0.3) is 0 Å². The second-order valence-electron chi connectivity index (χ2n) is 20.0. The molecule has 0 saturated carbocycles. The molecule has 0 bridgehead atoms. The van der Waals surface area contributed by atoms with Crippen molar-refractivity contribution in [1.82, 2.24) is 13.7 Å². The van der Waals surface area contributed by atoms with Crippen molar-refractivity contribution in [2.45, 2.75) is 0 Å². The summed E-state index contributed by atoms with van der Waals surface area (Å²) in [6.07, 6.45) is 0. The van der Waals surface area contributed by atoms with Crippen molar-refractivity contribution in [2.75, 3.05) is 0 Å². The summed E-state index contributed by atoms with van der Waals surface area (Å²) in [5, 5.41) is 12.8. The number of para-hydroxylation sites is 5. The van der Waals surface area contributed by atoms with Crippen LogP contribution in [0.25, 0.3) is 105 Å². The molecular formula is C72H49N3Si. The van der Waals surface area contributed by atoms with E-state index in [1.165, 1.54) is 114 Å². The Morgan fingerprint density at radius 2 is 0.618 bits per heavy atom. The minimum atomic E-state index is -2.92. The number of rotatable bonds is 9. The highest BCUT2D eigenvalue weighted by Crippen LogP contribution is 2.41. The van der Waals surface area contributed by atoms with Gasteiger partial charge in [0.15, 0.2) is 8.07 Å². The van der Waals surface area contributed by atoms with Crippen molar-refractivity contribution >= 4 is 94.2 Å². The monoisotopic (exact) mass is 983 g/mol. The molecule has 4 heteroatoms. The summed E-state index contributed by atoms with van der Waals surface area (Å²) in [5.41, 5.74) is 15.4. The van der Waals surface area contributed by atoms with E-state index in [9.17, 15) is 0 Å². The van der Waals surface area contributed by atoms with Gasteiger partial charge in [-0.2, -0.15) is 0 Å². The van der Waals surface area contributed by atoms with E-state index in [-0.39, 0.29) is 0 Å². The van der Waals surface area contributed by atoms with Crippen LogP contribution in [0.3, 0.4) is 0 Å². The summed E-state index contributed by atoms with van der Waals surface area (Å²) >= 11 is 0. The average Bonchev–Trinajstić information content (AvgIpc) is 4.18. The molecule has 0 saturated heterocycles. The van der Waals surface area contributed by atoms with E-state index in [0.29, 0.717) is 0 Å². The summed E-state index contributed by atoms with van der Waals surface area (Å²) < 4.78 is 7.38. The van der Waals surface area contributed by atoms with E-state index in [1.807, 2.05) is 0 Å². The SMILES string of the molecule is c1ccc(-c2cccc([Si](c3ccccc3)(c3ccccc3)c3cccc(-n4c5ccccc5c5cc(-n6c7ccccc7c7cc(-c8ccccc8-n8c9ccccc9c9ccccc98)ccc76)ccc54)c3)c2)cc1. The lowest BCUT2D eigenvalue weighted by molar-refractivity contribution is 1.17. The maximum Gasteiger partial charge on any atom is 0.179 e. The molecule has 3 nitrogen and oxygen atoms in total. The van der Waals surface area contributed by atoms with Gasteiger partial charge in [-0.05, 0) is 110 Å². The van der Waals surface area contributed by atoms with E-state index in [2.05, 4.69) is 311 Å². The Bertz CT molecular complexity index is 4610. The minimum Gasteiger partial charge on any atom is -0.309 e. The van der Waals surface area contributed by atoms with Gasteiger partial charge in [-0.1, -0.05) is 224 Å². The van der Waals surface area contributed by atoms with Crippen LogP contribution < -0.4 is 20.7 Å². The van der Waals surface area contributed by atoms with Crippen molar-refractivity contribution in [3.8, 4) is 39.3 Å². The summed E-state index contributed by atoms with van der Waals surface area (Å²) in [5.74, 6) is 0. The number of hydrogen-bond donors (Lipinski definition) is 0. The Kier molecular flexibility index (Phi) is 10.2. The van der Waals surface area contributed by atoms with Crippen molar-refractivity contribution < 1.29 is 0 Å². The third-order valence-corrected chi connectivity index (χ3v) is 20.7. The molecule has 0 fully saturated rings. The van der Waals surface area contributed by atoms with Crippen molar-refractivity contribution in [3.05, 3.63) is 297 Å². The molecule has 3 heterocycles. The van der Waals surface area contributed by atoms with Crippen molar-refractivity contribution in [1.29, 1.82) is 0 Å². The number of fused-ring (bicyclic) bond motifs is 9. The van der Waals surface area contributed by atoms with Crippen LogP contribution in [0.1, 0.15) is 0 Å². The highest BCUT2D eigenvalue weighted by atomic mass is 28.3. The van der Waals surface area contributed by atoms with Gasteiger partial charge in [-0.3, -0.25) is 0 Å². The Hall–Kier alpha value is -9.74. The summed E-state index contributed by atoms with van der Waals surface area (Å²) in [6.45, 7) is 0. The fraction of sp³-hybridized carbons (Fsp3) is 0. The van der Waals surface area contributed by atoms with Crippen LogP contribution in [0.2, 0.25) is 0 Å². The molecule has 0 aliphatic rings. The number of nitrogens with zero attached hydrogens (tertiary/aromatic N) is 3. The summed E-state index contributed by atoms with van der Waals surface area (Å²) in [6, 6.07) is 110. The highest BCUT2D eigenvalue weighted by molar-refractivity contribution is 7.20. The first kappa shape index (κ1) is 43.8. The first-order valence-electron chi connectivity index (χ1n) is 26.3. The van der Waals surface area contributed by atoms with Gasteiger partial charge < -0.3 is 13.7 Å². The third-order valence-electron chi connectivity index (χ3n) is 16.0. The standard InChI is InChI=1S/C72H49N3Si/c1-4-22-50(23-5-1)51-24-20-30-57(46-51)76(55-26-6-2-7-27-55,56-28-8-3-9-29-56)58-31-21-25-53(48-58)73-68-39-17-14-36-63(68)65-49-54(43-45-72(65)73)74-67-38-16-13-35-62(67)64-47-52(42-44-71(64)74)59-32-10-15-37-66(59)75-69-40-18-11-33-60(69)61-34-12-19-41-70(61)75/h1-49H. The van der Waals surface area contributed by atoms with Crippen LogP contribution in [0.4, 0.5) is 0 Å². The topological polar surface area (TPSA) is 14.8 Å².